The number of nitrogens with one attached hydrogen (secondary N) is 1. The van der Waals surface area contributed by atoms with Crippen LogP contribution in [-0.2, 0) is 33.4 Å². The number of hydrogen-bond donors (Lipinski definition) is 2. The first kappa shape index (κ1) is 40.9. The fourth-order valence-electron chi connectivity index (χ4n) is 5.79. The normalized spacial score (nSPS) is 13.6. The third kappa shape index (κ3) is 12.3. The first-order chi connectivity index (χ1) is 24.9. The van der Waals surface area contributed by atoms with E-state index in [0.29, 0.717) is 18.6 Å². The number of nitriles is 1. The average molecular weight is 735 g/mol. The highest BCUT2D eigenvalue weighted by Gasteiger charge is 2.42. The molecular weight excluding hydrogens is 681 g/mol. The van der Waals surface area contributed by atoms with E-state index in [9.17, 15) is 20.0 Å². The molecule has 0 aliphatic heterocycles. The van der Waals surface area contributed by atoms with Gasteiger partial charge in [0.2, 0.25) is 0 Å². The number of amides is 1. The van der Waals surface area contributed by atoms with Gasteiger partial charge < -0.3 is 24.3 Å². The van der Waals surface area contributed by atoms with Crippen LogP contribution in [0, 0.1) is 17.2 Å². The zero-order valence-electron chi connectivity index (χ0n) is 32.3. The van der Waals surface area contributed by atoms with Crippen molar-refractivity contribution in [2.75, 3.05) is 0 Å². The topological polar surface area (TPSA) is 118 Å². The third-order valence-corrected chi connectivity index (χ3v) is 14.2. The smallest absolute Gasteiger partial charge is 0.407 e. The van der Waals surface area contributed by atoms with E-state index in [1.54, 1.807) is 6.07 Å². The Hall–Kier alpha value is -4.91. The number of carboxylic acids is 1. The van der Waals surface area contributed by atoms with Gasteiger partial charge in [-0.15, -0.1) is 0 Å². The molecule has 2 N–H and O–H groups in total. The van der Waals surface area contributed by atoms with Crippen LogP contribution in [0.5, 0.6) is 5.75 Å². The molecule has 0 fully saturated rings. The summed E-state index contributed by atoms with van der Waals surface area (Å²) < 4.78 is 18.8. The predicted molar refractivity (Wildman–Crippen MR) is 212 cm³/mol. The molecule has 0 aliphatic rings. The van der Waals surface area contributed by atoms with Crippen molar-refractivity contribution >= 4 is 20.4 Å². The molecule has 0 heterocycles. The molecule has 0 saturated carbocycles. The number of aliphatic carboxylic acids is 1. The molecule has 0 aliphatic carbocycles. The van der Waals surface area contributed by atoms with Crippen LogP contribution in [0.3, 0.4) is 0 Å². The van der Waals surface area contributed by atoms with Gasteiger partial charge in [0.1, 0.15) is 18.0 Å². The molecule has 280 valence electrons. The summed E-state index contributed by atoms with van der Waals surface area (Å²) in [5, 5.41) is 23.1. The maximum Gasteiger partial charge on any atom is 0.407 e. The summed E-state index contributed by atoms with van der Waals surface area (Å²) in [4.78, 5) is 26.3. The Morgan fingerprint density at radius 3 is 1.96 bits per heavy atom. The van der Waals surface area contributed by atoms with Crippen LogP contribution in [0.1, 0.15) is 70.2 Å². The fraction of sp³-hybridized carbons (Fsp3) is 0.386. The van der Waals surface area contributed by atoms with Crippen LogP contribution in [0.25, 0.3) is 11.1 Å². The summed E-state index contributed by atoms with van der Waals surface area (Å²) in [6, 6.07) is 34.4. The second-order valence-electron chi connectivity index (χ2n) is 16.1. The van der Waals surface area contributed by atoms with Crippen molar-refractivity contribution in [3.8, 4) is 22.9 Å². The van der Waals surface area contributed by atoms with E-state index in [1.807, 2.05) is 118 Å². The van der Waals surface area contributed by atoms with Crippen molar-refractivity contribution in [2.45, 2.75) is 103 Å². The Balaban J connectivity index is 1.63. The molecule has 0 spiro atoms. The molecule has 3 atom stereocenters. The van der Waals surface area contributed by atoms with Gasteiger partial charge in [-0.25, -0.2) is 4.79 Å². The molecule has 4 rings (SSSR count). The van der Waals surface area contributed by atoms with Gasteiger partial charge in [0, 0.05) is 0 Å². The van der Waals surface area contributed by atoms with Crippen molar-refractivity contribution in [3.05, 3.63) is 125 Å². The first-order valence-electron chi connectivity index (χ1n) is 18.2. The predicted octanol–water partition coefficient (Wildman–Crippen LogP) is 9.96. The number of ether oxygens (including phenoxy) is 2. The molecule has 9 heteroatoms. The molecule has 0 bridgehead atoms. The van der Waals surface area contributed by atoms with Crippen molar-refractivity contribution in [1.29, 1.82) is 5.26 Å². The van der Waals surface area contributed by atoms with Gasteiger partial charge >= 0.3 is 12.1 Å². The molecule has 0 radical (unpaired) electrons. The molecule has 4 aromatic carbocycles. The molecule has 0 unspecified atom stereocenters. The number of benzene rings is 4. The van der Waals surface area contributed by atoms with Crippen LogP contribution in [0.4, 0.5) is 4.79 Å². The molecule has 1 amide bonds. The molecule has 53 heavy (non-hydrogen) atoms. The van der Waals surface area contributed by atoms with Gasteiger partial charge in [-0.05, 0) is 104 Å². The van der Waals surface area contributed by atoms with Crippen molar-refractivity contribution < 1.29 is 28.6 Å². The monoisotopic (exact) mass is 734 g/mol. The van der Waals surface area contributed by atoms with Crippen LogP contribution in [-0.4, -0.2) is 43.2 Å². The maximum atomic E-state index is 13.4. The van der Waals surface area contributed by atoms with Gasteiger partial charge in [-0.3, -0.25) is 4.79 Å². The van der Waals surface area contributed by atoms with E-state index in [1.165, 1.54) is 0 Å². The Labute approximate surface area is 316 Å². The quantitative estimate of drug-likeness (QED) is 0.117. The average Bonchev–Trinajstić information content (AvgIpc) is 3.09. The number of carbonyl (C=O) groups excluding carboxylic acids is 1. The zero-order chi connectivity index (χ0) is 38.8. The second kappa shape index (κ2) is 17.7. The van der Waals surface area contributed by atoms with E-state index in [2.05, 4.69) is 45.3 Å². The summed E-state index contributed by atoms with van der Waals surface area (Å²) in [6.45, 7) is 16.6. The highest BCUT2D eigenvalue weighted by Crippen LogP contribution is 2.39. The Morgan fingerprint density at radius 1 is 0.792 bits per heavy atom. The number of carboxylic acid groups (broad SMARTS) is 1. The van der Waals surface area contributed by atoms with Crippen LogP contribution < -0.4 is 10.1 Å². The van der Waals surface area contributed by atoms with Crippen LogP contribution in [0.15, 0.2) is 103 Å². The minimum Gasteiger partial charge on any atom is -0.489 e. The lowest BCUT2D eigenvalue weighted by atomic mass is 9.89. The Bertz CT molecular complexity index is 1840. The number of carbonyl (C=O) groups is 2. The van der Waals surface area contributed by atoms with E-state index in [-0.39, 0.29) is 17.9 Å². The largest absolute Gasteiger partial charge is 0.489 e. The minimum atomic E-state index is -2.48. The van der Waals surface area contributed by atoms with Gasteiger partial charge in [0.05, 0.1) is 29.7 Å². The molecule has 0 saturated heterocycles. The molecule has 0 aromatic heterocycles. The maximum absolute atomic E-state index is 13.4. The lowest BCUT2D eigenvalue weighted by Crippen LogP contribution is -2.54. The Morgan fingerprint density at radius 2 is 1.38 bits per heavy atom. The third-order valence-electron chi connectivity index (χ3n) is 9.69. The zero-order valence-corrected chi connectivity index (χ0v) is 33.3. The number of nitrogens with zero attached hydrogens (tertiary/aromatic N) is 1. The Kier molecular flexibility index (Phi) is 13.7. The van der Waals surface area contributed by atoms with Gasteiger partial charge in [-0.2, -0.15) is 5.26 Å². The second-order valence-corrected chi connectivity index (χ2v) is 20.9. The van der Waals surface area contributed by atoms with Gasteiger partial charge in [0.15, 0.2) is 8.32 Å². The molecule has 4 aromatic rings. The molecular formula is C44H54N2O6Si. The highest BCUT2D eigenvalue weighted by molar-refractivity contribution is 6.74. The SMILES string of the molecule is CC(C)(C)OC(=O)N[C@@H](Cc1ccc(OCc2ccccc2)cc1)[C@H](C[C@@H](Cc1ccc(-c2ccccc2C#N)cc1)C(=O)O)O[Si](C)(C)C(C)(C)C. The van der Waals surface area contributed by atoms with Gasteiger partial charge in [-0.1, -0.05) is 106 Å². The van der Waals surface area contributed by atoms with Crippen LogP contribution in [0.2, 0.25) is 18.1 Å². The van der Waals surface area contributed by atoms with E-state index in [0.717, 1.165) is 33.6 Å². The lowest BCUT2D eigenvalue weighted by Gasteiger charge is -2.42. The number of rotatable bonds is 15. The van der Waals surface area contributed by atoms with Crippen molar-refractivity contribution in [2.24, 2.45) is 5.92 Å². The number of hydrogen-bond acceptors (Lipinski definition) is 6. The minimum absolute atomic E-state index is 0.166. The summed E-state index contributed by atoms with van der Waals surface area (Å²) in [5.41, 5.74) is 4.41. The van der Waals surface area contributed by atoms with Crippen molar-refractivity contribution in [3.63, 3.8) is 0 Å². The highest BCUT2D eigenvalue weighted by atomic mass is 28.4. The van der Waals surface area contributed by atoms with E-state index >= 15 is 0 Å². The standard InChI is InChI=1S/C44H54N2O6Si/c1-43(2,3)51-42(49)46-39(27-32-20-24-37(25-21-32)50-30-33-14-10-9-11-15-33)40(52-53(7,8)44(4,5)6)28-36(41(47)48)26-31-18-22-34(23-19-31)38-17-13-12-16-35(38)29-45/h9-25,36,39-40H,26-28,30H2,1-8H3,(H,46,49)(H,47,48)/t36-,39+,40+/m1/s1. The van der Waals surface area contributed by atoms with E-state index in [4.69, 9.17) is 13.9 Å². The summed E-state index contributed by atoms with van der Waals surface area (Å²) in [6.07, 6.45) is -0.412. The summed E-state index contributed by atoms with van der Waals surface area (Å²) >= 11 is 0. The summed E-state index contributed by atoms with van der Waals surface area (Å²) in [7, 11) is -2.48. The van der Waals surface area contributed by atoms with Crippen molar-refractivity contribution in [1.82, 2.24) is 5.32 Å². The fourth-order valence-corrected chi connectivity index (χ4v) is 7.16. The van der Waals surface area contributed by atoms with E-state index < -0.39 is 44.0 Å². The summed E-state index contributed by atoms with van der Waals surface area (Å²) in [5.74, 6) is -1.03. The number of alkyl carbamates (subject to hydrolysis) is 1. The van der Waals surface area contributed by atoms with Gasteiger partial charge in [0.25, 0.3) is 0 Å². The molecule has 8 nitrogen and oxygen atoms in total. The van der Waals surface area contributed by atoms with Crippen LogP contribution >= 0.6 is 0 Å². The first-order valence-corrected chi connectivity index (χ1v) is 21.1. The lowest BCUT2D eigenvalue weighted by molar-refractivity contribution is -0.142.